The van der Waals surface area contributed by atoms with E-state index in [1.54, 1.807) is 18.5 Å². The molecule has 5 nitrogen and oxygen atoms in total. The Hall–Kier alpha value is -2.82. The topological polar surface area (TPSA) is 67.8 Å². The number of nitrogens with zero attached hydrogens (tertiary/aromatic N) is 3. The Bertz CT molecular complexity index is 784. The van der Waals surface area contributed by atoms with Crippen molar-refractivity contribution in [1.82, 2.24) is 20.3 Å². The third-order valence-corrected chi connectivity index (χ3v) is 3.16. The molecule has 0 aliphatic rings. The molecule has 0 aliphatic carbocycles. The number of hydrogen-bond acceptors (Lipinski definition) is 4. The second-order valence-electron chi connectivity index (χ2n) is 4.79. The van der Waals surface area contributed by atoms with Crippen molar-refractivity contribution in [3.05, 3.63) is 65.6 Å². The van der Waals surface area contributed by atoms with E-state index in [9.17, 15) is 4.79 Å². The van der Waals surface area contributed by atoms with Gasteiger partial charge in [-0.05, 0) is 18.6 Å². The summed E-state index contributed by atoms with van der Waals surface area (Å²) in [5, 5.41) is 2.87. The summed E-state index contributed by atoms with van der Waals surface area (Å²) in [6.07, 6.45) is 4.67. The molecule has 2 heterocycles. The maximum Gasteiger partial charge on any atom is 0.253 e. The summed E-state index contributed by atoms with van der Waals surface area (Å²) in [5.74, 6) is -0.171. The smallest absolute Gasteiger partial charge is 0.253 e. The standard InChI is InChI=1S/C16H14N4O/c1-11-2-4-12(5-3-11)9-20-16(21)13-8-14-15(19-10-13)18-7-6-17-14/h2-8,10H,9H2,1H3,(H,20,21). The van der Waals surface area contributed by atoms with Crippen molar-refractivity contribution in [3.8, 4) is 0 Å². The molecule has 0 spiro atoms. The van der Waals surface area contributed by atoms with Crippen LogP contribution in [0.2, 0.25) is 0 Å². The zero-order chi connectivity index (χ0) is 14.7. The first-order valence-corrected chi connectivity index (χ1v) is 6.63. The molecule has 3 rings (SSSR count). The van der Waals surface area contributed by atoms with Crippen molar-refractivity contribution in [2.45, 2.75) is 13.5 Å². The number of aromatic nitrogens is 3. The molecule has 1 amide bonds. The zero-order valence-corrected chi connectivity index (χ0v) is 11.6. The maximum atomic E-state index is 12.1. The second kappa shape index (κ2) is 5.66. The van der Waals surface area contributed by atoms with Crippen molar-refractivity contribution in [2.24, 2.45) is 0 Å². The molecule has 0 aliphatic heterocycles. The summed E-state index contributed by atoms with van der Waals surface area (Å²) in [6.45, 7) is 2.52. The molecule has 0 fully saturated rings. The number of amides is 1. The molecule has 2 aromatic heterocycles. The summed E-state index contributed by atoms with van der Waals surface area (Å²) < 4.78 is 0. The van der Waals surface area contributed by atoms with E-state index in [1.807, 2.05) is 31.2 Å². The number of carbonyl (C=O) groups excluding carboxylic acids is 1. The Morgan fingerprint density at radius 1 is 1.10 bits per heavy atom. The van der Waals surface area contributed by atoms with Gasteiger partial charge >= 0.3 is 0 Å². The molecule has 3 aromatic rings. The van der Waals surface area contributed by atoms with Crippen LogP contribution in [0.4, 0.5) is 0 Å². The van der Waals surface area contributed by atoms with Crippen molar-refractivity contribution in [3.63, 3.8) is 0 Å². The van der Waals surface area contributed by atoms with Gasteiger partial charge in [-0.3, -0.25) is 9.78 Å². The Balaban J connectivity index is 1.73. The predicted octanol–water partition coefficient (Wildman–Crippen LogP) is 2.26. The van der Waals surface area contributed by atoms with Crippen LogP contribution in [0, 0.1) is 6.92 Å². The lowest BCUT2D eigenvalue weighted by Gasteiger charge is -2.06. The van der Waals surface area contributed by atoms with Gasteiger partial charge in [-0.2, -0.15) is 0 Å². The van der Waals surface area contributed by atoms with Gasteiger partial charge in [0.25, 0.3) is 5.91 Å². The molecule has 0 bridgehead atoms. The summed E-state index contributed by atoms with van der Waals surface area (Å²) in [7, 11) is 0. The van der Waals surface area contributed by atoms with Gasteiger partial charge in [-0.1, -0.05) is 29.8 Å². The van der Waals surface area contributed by atoms with E-state index < -0.39 is 0 Å². The fraction of sp³-hybridized carbons (Fsp3) is 0.125. The van der Waals surface area contributed by atoms with Crippen LogP contribution in [0.15, 0.2) is 48.9 Å². The van der Waals surface area contributed by atoms with Crippen LogP contribution in [0.1, 0.15) is 21.5 Å². The normalized spacial score (nSPS) is 10.5. The van der Waals surface area contributed by atoms with Crippen LogP contribution >= 0.6 is 0 Å². The van der Waals surface area contributed by atoms with Crippen molar-refractivity contribution in [2.75, 3.05) is 0 Å². The van der Waals surface area contributed by atoms with Gasteiger partial charge in [-0.15, -0.1) is 0 Å². The average Bonchev–Trinajstić information content (AvgIpc) is 2.53. The molecule has 0 unspecified atom stereocenters. The molecule has 0 saturated carbocycles. The van der Waals surface area contributed by atoms with E-state index in [0.29, 0.717) is 23.3 Å². The fourth-order valence-corrected chi connectivity index (χ4v) is 1.97. The predicted molar refractivity (Wildman–Crippen MR) is 79.7 cm³/mol. The summed E-state index contributed by atoms with van der Waals surface area (Å²) in [5.41, 5.74) is 3.88. The second-order valence-corrected chi connectivity index (χ2v) is 4.79. The summed E-state index contributed by atoms with van der Waals surface area (Å²) >= 11 is 0. The average molecular weight is 278 g/mol. The highest BCUT2D eigenvalue weighted by atomic mass is 16.1. The molecule has 0 radical (unpaired) electrons. The van der Waals surface area contributed by atoms with Crippen LogP contribution in [-0.4, -0.2) is 20.9 Å². The Kier molecular flexibility index (Phi) is 3.55. The molecule has 5 heteroatoms. The van der Waals surface area contributed by atoms with Gasteiger partial charge in [0.05, 0.1) is 5.56 Å². The van der Waals surface area contributed by atoms with E-state index in [4.69, 9.17) is 0 Å². The Morgan fingerprint density at radius 3 is 2.67 bits per heavy atom. The summed E-state index contributed by atoms with van der Waals surface area (Å²) in [4.78, 5) is 24.5. The van der Waals surface area contributed by atoms with Crippen LogP contribution in [-0.2, 0) is 6.54 Å². The minimum Gasteiger partial charge on any atom is -0.348 e. The Labute approximate surface area is 122 Å². The van der Waals surface area contributed by atoms with Gasteiger partial charge in [0.2, 0.25) is 0 Å². The number of rotatable bonds is 3. The van der Waals surface area contributed by atoms with Gasteiger partial charge in [0.1, 0.15) is 5.52 Å². The molecular formula is C16H14N4O. The molecule has 1 aromatic carbocycles. The van der Waals surface area contributed by atoms with Crippen molar-refractivity contribution in [1.29, 1.82) is 0 Å². The third kappa shape index (κ3) is 3.02. The lowest BCUT2D eigenvalue weighted by molar-refractivity contribution is 0.0950. The lowest BCUT2D eigenvalue weighted by atomic mass is 10.1. The number of carbonyl (C=O) groups is 1. The van der Waals surface area contributed by atoms with Crippen LogP contribution in [0.5, 0.6) is 0 Å². The minimum absolute atomic E-state index is 0.171. The van der Waals surface area contributed by atoms with Gasteiger partial charge in [0.15, 0.2) is 5.65 Å². The van der Waals surface area contributed by atoms with Gasteiger partial charge < -0.3 is 5.32 Å². The maximum absolute atomic E-state index is 12.1. The van der Waals surface area contributed by atoms with Crippen molar-refractivity contribution >= 4 is 17.1 Å². The highest BCUT2D eigenvalue weighted by Crippen LogP contribution is 2.08. The SMILES string of the molecule is Cc1ccc(CNC(=O)c2cnc3nccnc3c2)cc1. The van der Waals surface area contributed by atoms with Gasteiger partial charge in [0, 0.05) is 25.1 Å². The van der Waals surface area contributed by atoms with Crippen LogP contribution < -0.4 is 5.32 Å². The van der Waals surface area contributed by atoms with E-state index >= 15 is 0 Å². The number of pyridine rings is 1. The largest absolute Gasteiger partial charge is 0.348 e. The van der Waals surface area contributed by atoms with E-state index in [0.717, 1.165) is 5.56 Å². The number of benzene rings is 1. The number of fused-ring (bicyclic) bond motifs is 1. The first kappa shape index (κ1) is 13.2. The number of hydrogen-bond donors (Lipinski definition) is 1. The minimum atomic E-state index is -0.171. The first-order valence-electron chi connectivity index (χ1n) is 6.63. The Morgan fingerprint density at radius 2 is 1.86 bits per heavy atom. The van der Waals surface area contributed by atoms with E-state index in [1.165, 1.54) is 11.8 Å². The molecule has 21 heavy (non-hydrogen) atoms. The monoisotopic (exact) mass is 278 g/mol. The van der Waals surface area contributed by atoms with Crippen LogP contribution in [0.25, 0.3) is 11.2 Å². The first-order chi connectivity index (χ1) is 10.2. The molecule has 0 saturated heterocycles. The molecule has 0 atom stereocenters. The van der Waals surface area contributed by atoms with Crippen LogP contribution in [0.3, 0.4) is 0 Å². The third-order valence-electron chi connectivity index (χ3n) is 3.16. The molecular weight excluding hydrogens is 264 g/mol. The van der Waals surface area contributed by atoms with E-state index in [2.05, 4.69) is 20.3 Å². The summed E-state index contributed by atoms with van der Waals surface area (Å²) in [6, 6.07) is 9.74. The molecule has 104 valence electrons. The van der Waals surface area contributed by atoms with Gasteiger partial charge in [-0.25, -0.2) is 9.97 Å². The van der Waals surface area contributed by atoms with Crippen molar-refractivity contribution < 1.29 is 4.79 Å². The number of nitrogens with one attached hydrogen (secondary N) is 1. The highest BCUT2D eigenvalue weighted by Gasteiger charge is 2.08. The highest BCUT2D eigenvalue weighted by molar-refractivity contribution is 5.96. The zero-order valence-electron chi connectivity index (χ0n) is 11.6. The lowest BCUT2D eigenvalue weighted by Crippen LogP contribution is -2.23. The quantitative estimate of drug-likeness (QED) is 0.798. The fourth-order valence-electron chi connectivity index (χ4n) is 1.97. The number of aryl methyl sites for hydroxylation is 1. The van der Waals surface area contributed by atoms with E-state index in [-0.39, 0.29) is 5.91 Å². The molecule has 1 N–H and O–H groups in total.